The highest BCUT2D eigenvalue weighted by atomic mass is 14.3. The quantitative estimate of drug-likeness (QED) is 0.637. The van der Waals surface area contributed by atoms with Gasteiger partial charge in [-0.3, -0.25) is 0 Å². The molecule has 0 heterocycles. The first kappa shape index (κ1) is 11.2. The van der Waals surface area contributed by atoms with E-state index in [2.05, 4.69) is 45.2 Å². The summed E-state index contributed by atoms with van der Waals surface area (Å²) in [7, 11) is 0. The Balaban J connectivity index is 2.47. The third-order valence-electron chi connectivity index (χ3n) is 3.68. The smallest absolute Gasteiger partial charge is 0.00853 e. The van der Waals surface area contributed by atoms with Crippen molar-refractivity contribution in [3.05, 3.63) is 59.7 Å². The molecular weight excluding hydrogens is 192 g/mol. The van der Waals surface area contributed by atoms with E-state index in [9.17, 15) is 0 Å². The summed E-state index contributed by atoms with van der Waals surface area (Å²) < 4.78 is 0. The van der Waals surface area contributed by atoms with E-state index in [4.69, 9.17) is 0 Å². The van der Waals surface area contributed by atoms with Crippen LogP contribution < -0.4 is 0 Å². The van der Waals surface area contributed by atoms with Crippen LogP contribution in [0.2, 0.25) is 0 Å². The molecule has 1 aromatic rings. The van der Waals surface area contributed by atoms with E-state index in [1.54, 1.807) is 0 Å². The van der Waals surface area contributed by atoms with Crippen LogP contribution in [0.3, 0.4) is 0 Å². The highest BCUT2D eigenvalue weighted by Crippen LogP contribution is 2.40. The fourth-order valence-corrected chi connectivity index (χ4v) is 2.70. The third kappa shape index (κ3) is 1.84. The zero-order valence-electron chi connectivity index (χ0n) is 10.3. The van der Waals surface area contributed by atoms with Crippen LogP contribution in [0, 0.1) is 12.8 Å². The van der Waals surface area contributed by atoms with Crippen LogP contribution >= 0.6 is 0 Å². The van der Waals surface area contributed by atoms with Crippen LogP contribution in [0.1, 0.15) is 36.0 Å². The summed E-state index contributed by atoms with van der Waals surface area (Å²) in [6, 6.07) is 6.81. The topological polar surface area (TPSA) is 0 Å². The maximum atomic E-state index is 4.27. The van der Waals surface area contributed by atoms with Crippen molar-refractivity contribution in [2.24, 2.45) is 5.92 Å². The number of hydrogen-bond donors (Lipinski definition) is 0. The highest BCUT2D eigenvalue weighted by molar-refractivity contribution is 5.43. The zero-order chi connectivity index (χ0) is 11.7. The average molecular weight is 212 g/mol. The lowest BCUT2D eigenvalue weighted by molar-refractivity contribution is 0.566. The minimum Gasteiger partial charge on any atom is -0.103 e. The fourth-order valence-electron chi connectivity index (χ4n) is 2.70. The monoisotopic (exact) mass is 212 g/mol. The van der Waals surface area contributed by atoms with Gasteiger partial charge in [0.15, 0.2) is 0 Å². The molecule has 0 saturated heterocycles. The molecule has 0 aromatic heterocycles. The van der Waals surface area contributed by atoms with Crippen LogP contribution in [0.5, 0.6) is 0 Å². The molecule has 0 bridgehead atoms. The molecule has 0 nitrogen and oxygen atoms in total. The van der Waals surface area contributed by atoms with Crippen LogP contribution in [-0.2, 0) is 6.42 Å². The predicted molar refractivity (Wildman–Crippen MR) is 70.7 cm³/mol. The third-order valence-corrected chi connectivity index (χ3v) is 3.68. The molecule has 16 heavy (non-hydrogen) atoms. The van der Waals surface area contributed by atoms with Crippen LogP contribution in [0.15, 0.2) is 43.0 Å². The summed E-state index contributed by atoms with van der Waals surface area (Å²) >= 11 is 0. The molecule has 1 aromatic carbocycles. The number of allylic oxidation sites excluding steroid dienone is 2. The zero-order valence-corrected chi connectivity index (χ0v) is 10.3. The second kappa shape index (κ2) is 4.29. The van der Waals surface area contributed by atoms with Crippen molar-refractivity contribution < 1.29 is 0 Å². The van der Waals surface area contributed by atoms with Gasteiger partial charge in [-0.25, -0.2) is 0 Å². The minimum absolute atomic E-state index is 0.483. The Kier molecular flexibility index (Phi) is 3.00. The molecule has 1 aliphatic carbocycles. The molecular formula is C16H20. The number of hydrogen-bond acceptors (Lipinski definition) is 0. The first-order valence-corrected chi connectivity index (χ1v) is 6.02. The van der Waals surface area contributed by atoms with E-state index in [0.717, 1.165) is 12.8 Å². The van der Waals surface area contributed by atoms with Crippen molar-refractivity contribution in [2.75, 3.05) is 0 Å². The molecule has 0 amide bonds. The van der Waals surface area contributed by atoms with Crippen LogP contribution in [0.25, 0.3) is 0 Å². The first-order valence-electron chi connectivity index (χ1n) is 6.02. The van der Waals surface area contributed by atoms with Crippen molar-refractivity contribution in [3.63, 3.8) is 0 Å². The highest BCUT2D eigenvalue weighted by Gasteiger charge is 2.26. The van der Waals surface area contributed by atoms with Crippen molar-refractivity contribution in [2.45, 2.75) is 32.6 Å². The van der Waals surface area contributed by atoms with E-state index < -0.39 is 0 Å². The summed E-state index contributed by atoms with van der Waals surface area (Å²) in [6.45, 7) is 12.6. The lowest BCUT2D eigenvalue weighted by Gasteiger charge is -2.32. The normalized spacial score (nSPS) is 24.0. The minimum atomic E-state index is 0.483. The Hall–Kier alpha value is -1.30. The van der Waals surface area contributed by atoms with Gasteiger partial charge in [-0.1, -0.05) is 48.9 Å². The Morgan fingerprint density at radius 3 is 2.88 bits per heavy atom. The molecule has 1 aliphatic rings. The largest absolute Gasteiger partial charge is 0.103 e. The lowest BCUT2D eigenvalue weighted by Crippen LogP contribution is -2.19. The van der Waals surface area contributed by atoms with E-state index in [0.29, 0.717) is 11.8 Å². The second-order valence-corrected chi connectivity index (χ2v) is 4.96. The van der Waals surface area contributed by atoms with Crippen molar-refractivity contribution in [1.82, 2.24) is 0 Å². The van der Waals surface area contributed by atoms with E-state index in [1.807, 2.05) is 6.08 Å². The first-order chi connectivity index (χ1) is 7.63. The molecule has 0 saturated carbocycles. The summed E-state index contributed by atoms with van der Waals surface area (Å²) in [4.78, 5) is 0. The van der Waals surface area contributed by atoms with Crippen molar-refractivity contribution >= 4 is 0 Å². The average Bonchev–Trinajstić information content (AvgIpc) is 2.24. The van der Waals surface area contributed by atoms with Gasteiger partial charge in [0, 0.05) is 5.92 Å². The molecule has 0 fully saturated rings. The Bertz CT molecular complexity index is 426. The van der Waals surface area contributed by atoms with E-state index in [1.165, 1.54) is 22.3 Å². The van der Waals surface area contributed by atoms with Gasteiger partial charge in [-0.05, 0) is 36.8 Å². The summed E-state index contributed by atoms with van der Waals surface area (Å²) in [5.41, 5.74) is 5.70. The van der Waals surface area contributed by atoms with E-state index in [-0.39, 0.29) is 0 Å². The molecule has 0 radical (unpaired) electrons. The van der Waals surface area contributed by atoms with Gasteiger partial charge in [0.25, 0.3) is 0 Å². The van der Waals surface area contributed by atoms with E-state index >= 15 is 0 Å². The number of rotatable bonds is 2. The second-order valence-electron chi connectivity index (χ2n) is 4.96. The summed E-state index contributed by atoms with van der Waals surface area (Å²) in [5, 5.41) is 0. The fraction of sp³-hybridized carbons (Fsp3) is 0.375. The van der Waals surface area contributed by atoms with Gasteiger partial charge < -0.3 is 0 Å². The molecule has 0 spiro atoms. The molecule has 0 aliphatic heterocycles. The maximum Gasteiger partial charge on any atom is 0.00853 e. The SMILES string of the molecule is C=CCC1C(=C)C(C)Cc2cc(C)ccc21. The number of fused-ring (bicyclic) bond motifs is 1. The summed E-state index contributed by atoms with van der Waals surface area (Å²) in [6.07, 6.45) is 4.17. The van der Waals surface area contributed by atoms with Gasteiger partial charge >= 0.3 is 0 Å². The van der Waals surface area contributed by atoms with Crippen molar-refractivity contribution in [3.8, 4) is 0 Å². The predicted octanol–water partition coefficient (Wildman–Crippen LogP) is 4.40. The number of benzene rings is 1. The van der Waals surface area contributed by atoms with Gasteiger partial charge in [0.05, 0.1) is 0 Å². The molecule has 0 heteroatoms. The molecule has 2 atom stereocenters. The summed E-state index contributed by atoms with van der Waals surface area (Å²) in [5.74, 6) is 1.08. The van der Waals surface area contributed by atoms with Gasteiger partial charge in [-0.15, -0.1) is 6.58 Å². The van der Waals surface area contributed by atoms with Gasteiger partial charge in [0.2, 0.25) is 0 Å². The number of aryl methyl sites for hydroxylation is 1. The Morgan fingerprint density at radius 2 is 2.19 bits per heavy atom. The maximum absolute atomic E-state index is 4.27. The lowest BCUT2D eigenvalue weighted by atomic mass is 9.73. The van der Waals surface area contributed by atoms with Crippen LogP contribution in [-0.4, -0.2) is 0 Å². The standard InChI is InChI=1S/C16H20/c1-5-6-15-13(4)12(3)10-14-9-11(2)7-8-16(14)15/h5,7-9,12,15H,1,4,6,10H2,2-3H3. The molecule has 2 unspecified atom stereocenters. The van der Waals surface area contributed by atoms with Crippen molar-refractivity contribution in [1.29, 1.82) is 0 Å². The molecule has 0 N–H and O–H groups in total. The van der Waals surface area contributed by atoms with Crippen LogP contribution in [0.4, 0.5) is 0 Å². The Morgan fingerprint density at radius 1 is 1.44 bits per heavy atom. The molecule has 84 valence electrons. The Labute approximate surface area is 98.7 Å². The van der Waals surface area contributed by atoms with Gasteiger partial charge in [-0.2, -0.15) is 0 Å². The van der Waals surface area contributed by atoms with Gasteiger partial charge in [0.1, 0.15) is 0 Å². The molecule has 2 rings (SSSR count).